The summed E-state index contributed by atoms with van der Waals surface area (Å²) in [6.07, 6.45) is 1.19. The molecule has 0 saturated carbocycles. The van der Waals surface area contributed by atoms with E-state index in [0.29, 0.717) is 35.8 Å². The minimum absolute atomic E-state index is 0.0236. The van der Waals surface area contributed by atoms with E-state index in [2.05, 4.69) is 20.9 Å². The van der Waals surface area contributed by atoms with Gasteiger partial charge in [-0.2, -0.15) is 0 Å². The highest BCUT2D eigenvalue weighted by Gasteiger charge is 2.52. The zero-order chi connectivity index (χ0) is 30.4. The van der Waals surface area contributed by atoms with E-state index in [1.54, 1.807) is 17.0 Å². The standard InChI is InChI=1S/C33H37N5O5/c1-4-42-30(43-5-2)21-38-28-9-7-6-8-26(28)33(31(38)40,37-32(41)36-24-12-10-22(3)11-13-24)18-16-29(39)35-25-14-15-27-23(20-25)17-19-34-27/h6-15,17,19-20,30,34H,4-5,16,18,21H2,1-3H3,(H,35,39)(H2,36,37,41). The lowest BCUT2D eigenvalue weighted by molar-refractivity contribution is -0.137. The number of nitrogens with one attached hydrogen (secondary N) is 4. The monoisotopic (exact) mass is 583 g/mol. The molecular weight excluding hydrogens is 546 g/mol. The molecule has 1 aliphatic rings. The average Bonchev–Trinajstić information content (AvgIpc) is 3.55. The number of hydrogen-bond donors (Lipinski definition) is 4. The number of carbonyl (C=O) groups excluding carboxylic acids is 3. The van der Waals surface area contributed by atoms with E-state index in [1.165, 1.54) is 0 Å². The molecule has 4 amide bonds. The summed E-state index contributed by atoms with van der Waals surface area (Å²) in [7, 11) is 0. The van der Waals surface area contributed by atoms with E-state index in [-0.39, 0.29) is 31.2 Å². The van der Waals surface area contributed by atoms with Crippen LogP contribution in [0.15, 0.2) is 79.0 Å². The van der Waals surface area contributed by atoms with Crippen LogP contribution >= 0.6 is 0 Å². The van der Waals surface area contributed by atoms with Crippen molar-refractivity contribution in [1.82, 2.24) is 10.3 Å². The van der Waals surface area contributed by atoms with Crippen LogP contribution in [0.3, 0.4) is 0 Å². The summed E-state index contributed by atoms with van der Waals surface area (Å²) in [5.74, 6) is -0.640. The molecule has 5 rings (SSSR count). The molecule has 1 aromatic heterocycles. The Morgan fingerprint density at radius 1 is 0.930 bits per heavy atom. The summed E-state index contributed by atoms with van der Waals surface area (Å²) in [5.41, 5.74) is 2.98. The molecule has 1 atom stereocenters. The number of aromatic nitrogens is 1. The fourth-order valence-electron chi connectivity index (χ4n) is 5.45. The van der Waals surface area contributed by atoms with Gasteiger partial charge in [0.25, 0.3) is 5.91 Å². The molecule has 43 heavy (non-hydrogen) atoms. The number of anilines is 3. The van der Waals surface area contributed by atoms with Crippen LogP contribution in [-0.4, -0.2) is 48.9 Å². The molecule has 1 aliphatic heterocycles. The number of benzene rings is 3. The molecule has 4 N–H and O–H groups in total. The zero-order valence-corrected chi connectivity index (χ0v) is 24.6. The first-order chi connectivity index (χ1) is 20.8. The Hall–Kier alpha value is -4.67. The quantitative estimate of drug-likeness (QED) is 0.160. The maximum Gasteiger partial charge on any atom is 0.320 e. The number of aromatic amines is 1. The molecule has 1 unspecified atom stereocenters. The third kappa shape index (κ3) is 6.55. The maximum absolute atomic E-state index is 14.4. The SMILES string of the molecule is CCOC(CN1C(=O)C(CCC(=O)Nc2ccc3[nH]ccc3c2)(NC(=O)Nc2ccc(C)cc2)c2ccccc21)OCC. The Balaban J connectivity index is 1.43. The molecule has 0 saturated heterocycles. The van der Waals surface area contributed by atoms with E-state index >= 15 is 0 Å². The number of ether oxygens (including phenoxy) is 2. The van der Waals surface area contributed by atoms with Gasteiger partial charge in [0, 0.05) is 53.7 Å². The second-order valence-electron chi connectivity index (χ2n) is 10.5. The highest BCUT2D eigenvalue weighted by atomic mass is 16.7. The van der Waals surface area contributed by atoms with Crippen molar-refractivity contribution in [2.45, 2.75) is 45.4 Å². The van der Waals surface area contributed by atoms with Crippen molar-refractivity contribution in [2.24, 2.45) is 0 Å². The highest BCUT2D eigenvalue weighted by molar-refractivity contribution is 6.10. The number of nitrogens with zero attached hydrogens (tertiary/aromatic N) is 1. The molecule has 10 nitrogen and oxygen atoms in total. The lowest BCUT2D eigenvalue weighted by Crippen LogP contribution is -2.55. The van der Waals surface area contributed by atoms with Crippen molar-refractivity contribution in [1.29, 1.82) is 0 Å². The Morgan fingerprint density at radius 3 is 2.40 bits per heavy atom. The molecular formula is C33H37N5O5. The third-order valence-corrected chi connectivity index (χ3v) is 7.50. The highest BCUT2D eigenvalue weighted by Crippen LogP contribution is 2.43. The van der Waals surface area contributed by atoms with Gasteiger partial charge in [-0.05, 0) is 69.7 Å². The predicted octanol–water partition coefficient (Wildman–Crippen LogP) is 5.66. The van der Waals surface area contributed by atoms with Gasteiger partial charge >= 0.3 is 6.03 Å². The normalized spacial score (nSPS) is 16.0. The number of amides is 4. The van der Waals surface area contributed by atoms with Gasteiger partial charge in [-0.25, -0.2) is 4.79 Å². The Kier molecular flexibility index (Phi) is 9.08. The van der Waals surface area contributed by atoms with Crippen molar-refractivity contribution in [3.63, 3.8) is 0 Å². The molecule has 224 valence electrons. The van der Waals surface area contributed by atoms with Crippen LogP contribution in [0.5, 0.6) is 0 Å². The molecule has 0 fully saturated rings. The van der Waals surface area contributed by atoms with Crippen molar-refractivity contribution < 1.29 is 23.9 Å². The summed E-state index contributed by atoms with van der Waals surface area (Å²) in [6.45, 7) is 6.62. The molecule has 0 spiro atoms. The number of para-hydroxylation sites is 1. The van der Waals surface area contributed by atoms with Gasteiger partial charge in [0.2, 0.25) is 5.91 Å². The minimum Gasteiger partial charge on any atom is -0.361 e. The summed E-state index contributed by atoms with van der Waals surface area (Å²) < 4.78 is 11.5. The Bertz CT molecular complexity index is 1590. The largest absolute Gasteiger partial charge is 0.361 e. The minimum atomic E-state index is -1.50. The van der Waals surface area contributed by atoms with E-state index < -0.39 is 17.9 Å². The Morgan fingerprint density at radius 2 is 1.65 bits per heavy atom. The van der Waals surface area contributed by atoms with Crippen LogP contribution in [-0.2, 0) is 24.6 Å². The topological polar surface area (TPSA) is 125 Å². The van der Waals surface area contributed by atoms with Crippen LogP contribution in [0.1, 0.15) is 37.8 Å². The van der Waals surface area contributed by atoms with Gasteiger partial charge in [0.1, 0.15) is 5.54 Å². The van der Waals surface area contributed by atoms with Crippen molar-refractivity contribution in [3.05, 3.63) is 90.1 Å². The van der Waals surface area contributed by atoms with Crippen molar-refractivity contribution >= 4 is 45.8 Å². The molecule has 0 radical (unpaired) electrons. The predicted molar refractivity (Wildman–Crippen MR) is 167 cm³/mol. The van der Waals surface area contributed by atoms with Crippen molar-refractivity contribution in [3.8, 4) is 0 Å². The molecule has 10 heteroatoms. The fourth-order valence-corrected chi connectivity index (χ4v) is 5.45. The number of urea groups is 1. The molecule has 0 bridgehead atoms. The smallest absolute Gasteiger partial charge is 0.320 e. The molecule has 0 aliphatic carbocycles. The van der Waals surface area contributed by atoms with Crippen LogP contribution in [0, 0.1) is 6.92 Å². The van der Waals surface area contributed by atoms with Gasteiger partial charge < -0.3 is 35.3 Å². The van der Waals surface area contributed by atoms with Gasteiger partial charge in [-0.15, -0.1) is 0 Å². The van der Waals surface area contributed by atoms with E-state index in [4.69, 9.17) is 9.47 Å². The lowest BCUT2D eigenvalue weighted by Gasteiger charge is -2.31. The number of hydrogen-bond acceptors (Lipinski definition) is 5. The van der Waals surface area contributed by atoms with E-state index in [9.17, 15) is 14.4 Å². The molecule has 4 aromatic rings. The summed E-state index contributed by atoms with van der Waals surface area (Å²) >= 11 is 0. The number of fused-ring (bicyclic) bond motifs is 2. The second kappa shape index (κ2) is 13.1. The van der Waals surface area contributed by atoms with E-state index in [1.807, 2.05) is 87.6 Å². The first kappa shape index (κ1) is 29.8. The second-order valence-corrected chi connectivity index (χ2v) is 10.5. The Labute approximate surface area is 250 Å². The number of rotatable bonds is 12. The van der Waals surface area contributed by atoms with Gasteiger partial charge in [-0.1, -0.05) is 35.9 Å². The van der Waals surface area contributed by atoms with Gasteiger partial charge in [-0.3, -0.25) is 9.59 Å². The number of carbonyl (C=O) groups is 3. The zero-order valence-electron chi connectivity index (χ0n) is 24.6. The van der Waals surface area contributed by atoms with Crippen LogP contribution in [0.25, 0.3) is 10.9 Å². The molecule has 3 aromatic carbocycles. The third-order valence-electron chi connectivity index (χ3n) is 7.50. The van der Waals surface area contributed by atoms with E-state index in [0.717, 1.165) is 16.5 Å². The number of aryl methyl sites for hydroxylation is 1. The summed E-state index contributed by atoms with van der Waals surface area (Å²) in [4.78, 5) is 45.8. The van der Waals surface area contributed by atoms with Crippen LogP contribution in [0.4, 0.5) is 21.9 Å². The average molecular weight is 584 g/mol. The maximum atomic E-state index is 14.4. The summed E-state index contributed by atoms with van der Waals surface area (Å²) in [6, 6.07) is 21.6. The van der Waals surface area contributed by atoms with Crippen LogP contribution < -0.4 is 20.9 Å². The summed E-state index contributed by atoms with van der Waals surface area (Å²) in [5, 5.41) is 9.70. The van der Waals surface area contributed by atoms with Gasteiger partial charge in [0.15, 0.2) is 6.29 Å². The van der Waals surface area contributed by atoms with Crippen LogP contribution in [0.2, 0.25) is 0 Å². The first-order valence-electron chi connectivity index (χ1n) is 14.5. The first-order valence-corrected chi connectivity index (χ1v) is 14.5. The van der Waals surface area contributed by atoms with Gasteiger partial charge in [0.05, 0.1) is 12.2 Å². The molecule has 2 heterocycles. The fraction of sp³-hybridized carbons (Fsp3) is 0.303. The lowest BCUT2D eigenvalue weighted by atomic mass is 9.86. The van der Waals surface area contributed by atoms with Crippen molar-refractivity contribution in [2.75, 3.05) is 35.3 Å². The number of H-pyrrole nitrogens is 1.